The molecule has 3 aliphatic heterocycles. The molecule has 0 bridgehead atoms. The van der Waals surface area contributed by atoms with Crippen LogP contribution in [-0.4, -0.2) is 94.7 Å². The fraction of sp³-hybridized carbons (Fsp3) is 0.633. The summed E-state index contributed by atoms with van der Waals surface area (Å²) in [5.74, 6) is 1.33. The summed E-state index contributed by atoms with van der Waals surface area (Å²) in [5.41, 5.74) is 6.85. The minimum Gasteiger partial charge on any atom is -0.368 e. The number of carbonyl (C=O) groups excluding carboxylic acids is 2. The van der Waals surface area contributed by atoms with Crippen LogP contribution in [0.25, 0.3) is 0 Å². The summed E-state index contributed by atoms with van der Waals surface area (Å²) in [5, 5.41) is 4.86. The van der Waals surface area contributed by atoms with E-state index in [4.69, 9.17) is 5.10 Å². The Hall–Kier alpha value is -2.87. The van der Waals surface area contributed by atoms with Crippen molar-refractivity contribution >= 4 is 17.5 Å². The highest BCUT2D eigenvalue weighted by atomic mass is 16.2. The van der Waals surface area contributed by atoms with Gasteiger partial charge in [-0.2, -0.15) is 5.10 Å². The number of benzene rings is 1. The van der Waals surface area contributed by atoms with Gasteiger partial charge in [-0.3, -0.25) is 19.2 Å². The number of amides is 2. The molecule has 0 N–H and O–H groups in total. The molecule has 4 heterocycles. The minimum absolute atomic E-state index is 0.0901. The number of aromatic nitrogens is 2. The van der Waals surface area contributed by atoms with Crippen molar-refractivity contribution < 1.29 is 9.59 Å². The van der Waals surface area contributed by atoms with Crippen molar-refractivity contribution in [1.29, 1.82) is 0 Å². The van der Waals surface area contributed by atoms with E-state index in [-0.39, 0.29) is 18.4 Å². The number of rotatable bonds is 4. The topological polar surface area (TPSA) is 64.9 Å². The molecule has 3 atom stereocenters. The van der Waals surface area contributed by atoms with Gasteiger partial charge >= 0.3 is 0 Å². The summed E-state index contributed by atoms with van der Waals surface area (Å²) < 4.78 is 1.89. The lowest BCUT2D eigenvalue weighted by molar-refractivity contribution is -0.132. The molecule has 0 unspecified atom stereocenters. The third kappa shape index (κ3) is 4.12. The third-order valence-corrected chi connectivity index (χ3v) is 10.0. The Morgan fingerprint density at radius 2 is 1.79 bits per heavy atom. The Kier molecular flexibility index (Phi) is 5.98. The van der Waals surface area contributed by atoms with E-state index in [1.807, 2.05) is 14.5 Å². The molecule has 2 aromatic rings. The van der Waals surface area contributed by atoms with Crippen LogP contribution in [0.5, 0.6) is 0 Å². The van der Waals surface area contributed by atoms with Gasteiger partial charge in [0.15, 0.2) is 5.69 Å². The van der Waals surface area contributed by atoms with Gasteiger partial charge in [-0.15, -0.1) is 0 Å². The third-order valence-electron chi connectivity index (χ3n) is 10.0. The fourth-order valence-electron chi connectivity index (χ4n) is 7.47. The van der Waals surface area contributed by atoms with E-state index in [0.717, 1.165) is 57.9 Å². The van der Waals surface area contributed by atoms with Crippen molar-refractivity contribution in [3.63, 3.8) is 0 Å². The molecule has 1 aromatic carbocycles. The highest BCUT2D eigenvalue weighted by Crippen LogP contribution is 2.57. The summed E-state index contributed by atoms with van der Waals surface area (Å²) in [6.45, 7) is 11.4. The summed E-state index contributed by atoms with van der Waals surface area (Å²) in [6, 6.07) is 6.95. The maximum Gasteiger partial charge on any atom is 0.274 e. The van der Waals surface area contributed by atoms with Crippen molar-refractivity contribution in [3.8, 4) is 0 Å². The molecule has 8 heteroatoms. The monoisotopic (exact) mass is 516 g/mol. The maximum absolute atomic E-state index is 13.8. The SMILES string of the molecule is Cc1cccc(N2CCN(C(=O)Cn3nc(C(=O)N4CCN5CCCC[C@@H]5C4)c4c3C[C@H]3C[C@@H]43)CC2)c1C. The van der Waals surface area contributed by atoms with Gasteiger partial charge in [-0.05, 0) is 75.1 Å². The average molecular weight is 517 g/mol. The first-order valence-corrected chi connectivity index (χ1v) is 14.7. The van der Waals surface area contributed by atoms with Gasteiger partial charge in [-0.1, -0.05) is 18.6 Å². The van der Waals surface area contributed by atoms with Crippen LogP contribution in [-0.2, 0) is 17.8 Å². The molecule has 4 fully saturated rings. The molecule has 7 rings (SSSR count). The Morgan fingerprint density at radius 3 is 2.63 bits per heavy atom. The number of carbonyl (C=O) groups is 2. The molecule has 202 valence electrons. The zero-order valence-electron chi connectivity index (χ0n) is 22.9. The molecule has 5 aliphatic rings. The highest BCUT2D eigenvalue weighted by Gasteiger charge is 2.51. The van der Waals surface area contributed by atoms with Gasteiger partial charge in [0.2, 0.25) is 5.91 Å². The lowest BCUT2D eigenvalue weighted by Gasteiger charge is -2.43. The van der Waals surface area contributed by atoms with Crippen LogP contribution in [0, 0.1) is 19.8 Å². The predicted molar refractivity (Wildman–Crippen MR) is 147 cm³/mol. The zero-order chi connectivity index (χ0) is 26.0. The molecular formula is C30H40N6O2. The van der Waals surface area contributed by atoms with Gasteiger partial charge in [0.25, 0.3) is 5.91 Å². The van der Waals surface area contributed by atoms with Crippen molar-refractivity contribution in [2.45, 2.75) is 64.5 Å². The first-order valence-electron chi connectivity index (χ1n) is 14.7. The second-order valence-corrected chi connectivity index (χ2v) is 12.2. The van der Waals surface area contributed by atoms with Crippen LogP contribution in [0.15, 0.2) is 18.2 Å². The van der Waals surface area contributed by atoms with Gasteiger partial charge in [0, 0.05) is 68.8 Å². The number of fused-ring (bicyclic) bond motifs is 4. The number of anilines is 1. The molecule has 0 radical (unpaired) electrons. The second-order valence-electron chi connectivity index (χ2n) is 12.2. The molecule has 38 heavy (non-hydrogen) atoms. The van der Waals surface area contributed by atoms with Crippen LogP contribution in [0.4, 0.5) is 5.69 Å². The number of piperidine rings is 1. The van der Waals surface area contributed by atoms with Gasteiger partial charge in [0.05, 0.1) is 0 Å². The van der Waals surface area contributed by atoms with E-state index < -0.39 is 0 Å². The number of piperazine rings is 2. The normalized spacial score (nSPS) is 26.7. The van der Waals surface area contributed by atoms with E-state index in [1.165, 1.54) is 54.6 Å². The molecule has 2 amide bonds. The van der Waals surface area contributed by atoms with Crippen LogP contribution in [0.3, 0.4) is 0 Å². The standard InChI is InChI=1S/C30H40N6O2/c1-20-6-5-8-25(21(20)2)33-11-13-34(14-12-33)27(37)19-36-26-17-22-16-24(22)28(26)29(31-36)30(38)35-15-10-32-9-4-3-7-23(32)18-35/h5-6,8,22-24H,3-4,7,9-19H2,1-2H3/t22-,23-,24-/m1/s1. The van der Waals surface area contributed by atoms with Gasteiger partial charge < -0.3 is 14.7 Å². The second kappa shape index (κ2) is 9.40. The van der Waals surface area contributed by atoms with Crippen LogP contribution >= 0.6 is 0 Å². The summed E-state index contributed by atoms with van der Waals surface area (Å²) in [6.07, 6.45) is 5.86. The Morgan fingerprint density at radius 1 is 0.974 bits per heavy atom. The van der Waals surface area contributed by atoms with Crippen molar-refractivity contribution in [2.75, 3.05) is 57.3 Å². The van der Waals surface area contributed by atoms with E-state index in [1.54, 1.807) is 0 Å². The number of hydrogen-bond acceptors (Lipinski definition) is 5. The molecule has 1 saturated carbocycles. The lowest BCUT2D eigenvalue weighted by atomic mass is 9.99. The first-order chi connectivity index (χ1) is 18.5. The highest BCUT2D eigenvalue weighted by molar-refractivity contribution is 5.95. The molecular weight excluding hydrogens is 476 g/mol. The quantitative estimate of drug-likeness (QED) is 0.626. The first kappa shape index (κ1) is 24.2. The molecule has 1 aromatic heterocycles. The smallest absolute Gasteiger partial charge is 0.274 e. The summed E-state index contributed by atoms with van der Waals surface area (Å²) in [7, 11) is 0. The van der Waals surface area contributed by atoms with Gasteiger partial charge in [0.1, 0.15) is 6.54 Å². The summed E-state index contributed by atoms with van der Waals surface area (Å²) in [4.78, 5) is 36.1. The largest absolute Gasteiger partial charge is 0.368 e. The fourth-order valence-corrected chi connectivity index (χ4v) is 7.47. The van der Waals surface area contributed by atoms with Crippen molar-refractivity contribution in [3.05, 3.63) is 46.3 Å². The lowest BCUT2D eigenvalue weighted by Crippen LogP contribution is -2.56. The van der Waals surface area contributed by atoms with E-state index >= 15 is 0 Å². The van der Waals surface area contributed by atoms with E-state index in [9.17, 15) is 9.59 Å². The minimum atomic E-state index is 0.0901. The van der Waals surface area contributed by atoms with Gasteiger partial charge in [-0.25, -0.2) is 0 Å². The number of nitrogens with zero attached hydrogens (tertiary/aromatic N) is 6. The van der Waals surface area contributed by atoms with Crippen LogP contribution in [0.2, 0.25) is 0 Å². The Labute approximate surface area is 225 Å². The Bertz CT molecular complexity index is 1260. The molecule has 2 aliphatic carbocycles. The number of aryl methyl sites for hydroxylation is 1. The molecule has 8 nitrogen and oxygen atoms in total. The maximum atomic E-state index is 13.8. The van der Waals surface area contributed by atoms with Crippen LogP contribution < -0.4 is 4.90 Å². The van der Waals surface area contributed by atoms with E-state index in [2.05, 4.69) is 41.8 Å². The van der Waals surface area contributed by atoms with Crippen LogP contribution in [0.1, 0.15) is 64.5 Å². The molecule has 3 saturated heterocycles. The number of hydrogen-bond donors (Lipinski definition) is 0. The zero-order valence-corrected chi connectivity index (χ0v) is 22.9. The van der Waals surface area contributed by atoms with Crippen molar-refractivity contribution in [1.82, 2.24) is 24.5 Å². The van der Waals surface area contributed by atoms with Crippen molar-refractivity contribution in [2.24, 2.45) is 5.92 Å². The molecule has 0 spiro atoms. The average Bonchev–Trinajstić information content (AvgIpc) is 3.47. The van der Waals surface area contributed by atoms with E-state index in [0.29, 0.717) is 23.6 Å². The predicted octanol–water partition coefficient (Wildman–Crippen LogP) is 2.82. The Balaban J connectivity index is 1.04. The summed E-state index contributed by atoms with van der Waals surface area (Å²) >= 11 is 0.